The number of para-hydroxylation sites is 1. The number of benzene rings is 3. The molecule has 1 aromatic heterocycles. The summed E-state index contributed by atoms with van der Waals surface area (Å²) in [6, 6.07) is 33.2. The molecule has 0 amide bonds. The van der Waals surface area contributed by atoms with Crippen LogP contribution in [0.3, 0.4) is 0 Å². The molecule has 1 heterocycles. The molecule has 0 bridgehead atoms. The van der Waals surface area contributed by atoms with E-state index in [-0.39, 0.29) is 5.41 Å². The third kappa shape index (κ3) is 9.45. The van der Waals surface area contributed by atoms with E-state index in [9.17, 15) is 0 Å². The Labute approximate surface area is 256 Å². The summed E-state index contributed by atoms with van der Waals surface area (Å²) in [6.07, 6.45) is 24.5. The van der Waals surface area contributed by atoms with Crippen LogP contribution < -0.4 is 4.57 Å². The molecular weight excluding hydrogens is 508 g/mol. The van der Waals surface area contributed by atoms with Gasteiger partial charge in [-0.15, -0.1) is 0 Å². The Morgan fingerprint density at radius 2 is 1.12 bits per heavy atom. The number of imidazole rings is 1. The first kappa shape index (κ1) is 31.8. The number of aromatic amines is 1. The lowest BCUT2D eigenvalue weighted by Gasteiger charge is -2.37. The number of nitrogens with one attached hydrogen (secondary N) is 1. The lowest BCUT2D eigenvalue weighted by Crippen LogP contribution is -2.42. The predicted octanol–water partition coefficient (Wildman–Crippen LogP) is 11.1. The molecule has 224 valence electrons. The molecule has 4 aromatic rings. The lowest BCUT2D eigenvalue weighted by molar-refractivity contribution is -0.605. The highest BCUT2D eigenvalue weighted by atomic mass is 15.1. The average molecular weight is 564 g/mol. The molecule has 0 spiro atoms. The maximum Gasteiger partial charge on any atom is 0.263 e. The molecule has 0 radical (unpaired) electrons. The van der Waals surface area contributed by atoms with Crippen molar-refractivity contribution < 1.29 is 4.57 Å². The predicted molar refractivity (Wildman–Crippen MR) is 179 cm³/mol. The first-order valence-electron chi connectivity index (χ1n) is 17.0. The third-order valence-electron chi connectivity index (χ3n) is 9.29. The molecule has 0 aliphatic rings. The van der Waals surface area contributed by atoms with Crippen molar-refractivity contribution in [3.8, 4) is 5.69 Å². The van der Waals surface area contributed by atoms with E-state index in [4.69, 9.17) is 0 Å². The Balaban J connectivity index is 1.44. The number of aromatic nitrogens is 2. The molecular formula is C40H55N2+. The van der Waals surface area contributed by atoms with Crippen LogP contribution in [0.4, 0.5) is 0 Å². The van der Waals surface area contributed by atoms with E-state index in [1.165, 1.54) is 113 Å². The van der Waals surface area contributed by atoms with E-state index in [0.717, 1.165) is 6.42 Å². The number of H-pyrrole nitrogens is 1. The van der Waals surface area contributed by atoms with Gasteiger partial charge >= 0.3 is 0 Å². The Kier molecular flexibility index (Phi) is 13.4. The Hall–Kier alpha value is -3.13. The fourth-order valence-electron chi connectivity index (χ4n) is 6.82. The highest BCUT2D eigenvalue weighted by Gasteiger charge is 2.42. The van der Waals surface area contributed by atoms with Gasteiger partial charge in [0.25, 0.3) is 5.82 Å². The normalized spacial score (nSPS) is 13.6. The molecule has 4 rings (SSSR count). The number of hydrogen-bond acceptors (Lipinski definition) is 0. The second-order valence-corrected chi connectivity index (χ2v) is 12.6. The van der Waals surface area contributed by atoms with Crippen molar-refractivity contribution in [2.24, 2.45) is 0 Å². The standard InChI is InChI=1S/C40H54N2/c1-3-4-5-6-7-8-9-10-11-12-13-14-24-31-38(39-41-32-33-42(39)37-29-22-17-23-30-37)40(2,36-27-20-16-21-28-36)34-35-25-18-15-19-26-35/h15-23,25-30,32-33,38H,3-14,24,31,34H2,1-2H3/p+1. The largest absolute Gasteiger partial charge is 0.263 e. The average Bonchev–Trinajstić information content (AvgIpc) is 3.52. The van der Waals surface area contributed by atoms with Crippen LogP contribution >= 0.6 is 0 Å². The van der Waals surface area contributed by atoms with Crippen LogP contribution in [0, 0.1) is 0 Å². The molecule has 0 fully saturated rings. The van der Waals surface area contributed by atoms with E-state index in [2.05, 4.69) is 127 Å². The van der Waals surface area contributed by atoms with Gasteiger partial charge in [-0.2, -0.15) is 4.57 Å². The van der Waals surface area contributed by atoms with E-state index in [0.29, 0.717) is 5.92 Å². The molecule has 0 saturated heterocycles. The second-order valence-electron chi connectivity index (χ2n) is 12.6. The fourth-order valence-corrected chi connectivity index (χ4v) is 6.82. The van der Waals surface area contributed by atoms with Gasteiger partial charge in [0.05, 0.1) is 5.92 Å². The zero-order valence-electron chi connectivity index (χ0n) is 26.4. The summed E-state index contributed by atoms with van der Waals surface area (Å²) in [5, 5.41) is 0. The van der Waals surface area contributed by atoms with Gasteiger partial charge in [-0.25, -0.2) is 4.98 Å². The highest BCUT2D eigenvalue weighted by Crippen LogP contribution is 2.43. The van der Waals surface area contributed by atoms with Gasteiger partial charge in [0.1, 0.15) is 18.1 Å². The van der Waals surface area contributed by atoms with Crippen LogP contribution in [0.5, 0.6) is 0 Å². The minimum atomic E-state index is -0.0544. The van der Waals surface area contributed by atoms with Gasteiger partial charge in [0, 0.05) is 5.41 Å². The topological polar surface area (TPSA) is 19.7 Å². The summed E-state index contributed by atoms with van der Waals surface area (Å²) in [7, 11) is 0. The smallest absolute Gasteiger partial charge is 0.247 e. The van der Waals surface area contributed by atoms with E-state index < -0.39 is 0 Å². The highest BCUT2D eigenvalue weighted by molar-refractivity contribution is 5.33. The molecule has 0 aliphatic heterocycles. The number of rotatable bonds is 20. The van der Waals surface area contributed by atoms with Gasteiger partial charge < -0.3 is 0 Å². The number of hydrogen-bond donors (Lipinski definition) is 1. The molecule has 2 atom stereocenters. The summed E-state index contributed by atoms with van der Waals surface area (Å²) in [4.78, 5) is 3.73. The molecule has 2 nitrogen and oxygen atoms in total. The summed E-state index contributed by atoms with van der Waals surface area (Å²) in [6.45, 7) is 4.80. The quantitative estimate of drug-likeness (QED) is 0.0815. The summed E-state index contributed by atoms with van der Waals surface area (Å²) in [5.41, 5.74) is 3.99. The fraction of sp³-hybridized carbons (Fsp3) is 0.475. The van der Waals surface area contributed by atoms with Gasteiger partial charge in [-0.1, -0.05) is 176 Å². The Morgan fingerprint density at radius 3 is 1.69 bits per heavy atom. The molecule has 2 unspecified atom stereocenters. The summed E-state index contributed by atoms with van der Waals surface area (Å²) in [5.74, 6) is 1.66. The van der Waals surface area contributed by atoms with Crippen LogP contribution in [0.2, 0.25) is 0 Å². The molecule has 42 heavy (non-hydrogen) atoms. The minimum absolute atomic E-state index is 0.0544. The Bertz CT molecular complexity index is 1230. The van der Waals surface area contributed by atoms with E-state index in [1.54, 1.807) is 0 Å². The zero-order valence-corrected chi connectivity index (χ0v) is 26.4. The summed E-state index contributed by atoms with van der Waals surface area (Å²) >= 11 is 0. The molecule has 3 aromatic carbocycles. The molecule has 0 saturated carbocycles. The van der Waals surface area contributed by atoms with Crippen molar-refractivity contribution in [2.45, 2.75) is 121 Å². The van der Waals surface area contributed by atoms with E-state index >= 15 is 0 Å². The van der Waals surface area contributed by atoms with Crippen LogP contribution in [-0.4, -0.2) is 4.98 Å². The molecule has 2 heteroatoms. The van der Waals surface area contributed by atoms with Crippen molar-refractivity contribution in [2.75, 3.05) is 0 Å². The van der Waals surface area contributed by atoms with Crippen LogP contribution in [0.25, 0.3) is 5.69 Å². The maximum absolute atomic E-state index is 3.73. The van der Waals surface area contributed by atoms with Crippen molar-refractivity contribution in [3.05, 3.63) is 120 Å². The molecule has 0 aliphatic carbocycles. The zero-order chi connectivity index (χ0) is 29.3. The van der Waals surface area contributed by atoms with Crippen molar-refractivity contribution in [3.63, 3.8) is 0 Å². The second kappa shape index (κ2) is 17.7. The van der Waals surface area contributed by atoms with E-state index in [1.807, 2.05) is 0 Å². The first-order valence-corrected chi connectivity index (χ1v) is 17.0. The van der Waals surface area contributed by atoms with Crippen LogP contribution in [0.1, 0.15) is 127 Å². The van der Waals surface area contributed by atoms with Crippen molar-refractivity contribution in [1.29, 1.82) is 0 Å². The molecule has 1 N–H and O–H groups in total. The lowest BCUT2D eigenvalue weighted by atomic mass is 9.66. The van der Waals surface area contributed by atoms with Gasteiger partial charge in [-0.3, -0.25) is 0 Å². The monoisotopic (exact) mass is 563 g/mol. The van der Waals surface area contributed by atoms with Crippen molar-refractivity contribution >= 4 is 0 Å². The first-order chi connectivity index (χ1) is 20.7. The Morgan fingerprint density at radius 1 is 0.619 bits per heavy atom. The van der Waals surface area contributed by atoms with Gasteiger partial charge in [0.15, 0.2) is 0 Å². The number of nitrogens with zero attached hydrogens (tertiary/aromatic N) is 1. The van der Waals surface area contributed by atoms with Gasteiger partial charge in [0.2, 0.25) is 0 Å². The van der Waals surface area contributed by atoms with Crippen molar-refractivity contribution in [1.82, 2.24) is 4.98 Å². The van der Waals surface area contributed by atoms with Crippen LogP contribution in [0.15, 0.2) is 103 Å². The number of unbranched alkanes of at least 4 members (excludes halogenated alkanes) is 12. The minimum Gasteiger partial charge on any atom is -0.247 e. The van der Waals surface area contributed by atoms with Gasteiger partial charge in [-0.05, 0) is 36.1 Å². The SMILES string of the molecule is CCCCCCCCCCCCCCCC(c1[nH]cc[n+]1-c1ccccc1)C(C)(Cc1ccccc1)c1ccccc1. The third-order valence-corrected chi connectivity index (χ3v) is 9.29. The summed E-state index contributed by atoms with van der Waals surface area (Å²) < 4.78 is 2.39. The maximum atomic E-state index is 3.73. The van der Waals surface area contributed by atoms with Crippen LogP contribution in [-0.2, 0) is 11.8 Å².